The SMILES string of the molecule is Cc1ccc(NC2=Nc3ccccc3N3C2=Nc2c(c(C)nn2-c2ccccn2)[C@H]3c2ccc(Cl)cc2)cc1. The van der Waals surface area contributed by atoms with Gasteiger partial charge >= 0.3 is 0 Å². The summed E-state index contributed by atoms with van der Waals surface area (Å²) in [5, 5.41) is 9.15. The summed E-state index contributed by atoms with van der Waals surface area (Å²) in [6.07, 6.45) is 1.76. The molecule has 7 nitrogen and oxygen atoms in total. The third kappa shape index (κ3) is 3.99. The van der Waals surface area contributed by atoms with Crippen LogP contribution in [-0.4, -0.2) is 26.4 Å². The second kappa shape index (κ2) is 9.22. The summed E-state index contributed by atoms with van der Waals surface area (Å²) < 4.78 is 1.82. The van der Waals surface area contributed by atoms with Crippen LogP contribution in [0.1, 0.15) is 28.4 Å². The molecule has 0 radical (unpaired) electrons. The van der Waals surface area contributed by atoms with Gasteiger partial charge in [0.05, 0.1) is 23.1 Å². The van der Waals surface area contributed by atoms with Crippen molar-refractivity contribution in [2.45, 2.75) is 19.9 Å². The smallest absolute Gasteiger partial charge is 0.179 e. The van der Waals surface area contributed by atoms with Crippen LogP contribution in [0.15, 0.2) is 107 Å². The molecule has 7 rings (SSSR count). The van der Waals surface area contributed by atoms with Crippen molar-refractivity contribution in [3.63, 3.8) is 0 Å². The Morgan fingerprint density at radius 3 is 2.36 bits per heavy atom. The Hall–Kier alpha value is -4.75. The molecule has 1 atom stereocenters. The highest BCUT2D eigenvalue weighted by molar-refractivity contribution is 6.51. The fourth-order valence-electron chi connectivity index (χ4n) is 5.17. The van der Waals surface area contributed by atoms with Gasteiger partial charge in [-0.15, -0.1) is 0 Å². The first kappa shape index (κ1) is 23.4. The zero-order valence-corrected chi connectivity index (χ0v) is 22.1. The minimum atomic E-state index is -0.214. The second-order valence-electron chi connectivity index (χ2n) is 9.62. The third-order valence-electron chi connectivity index (χ3n) is 7.00. The van der Waals surface area contributed by atoms with Gasteiger partial charge in [0, 0.05) is 22.5 Å². The molecule has 190 valence electrons. The van der Waals surface area contributed by atoms with E-state index in [1.54, 1.807) is 6.20 Å². The van der Waals surface area contributed by atoms with Crippen LogP contribution in [0.2, 0.25) is 5.02 Å². The number of benzene rings is 3. The molecule has 0 saturated carbocycles. The van der Waals surface area contributed by atoms with Crippen molar-refractivity contribution in [1.82, 2.24) is 14.8 Å². The van der Waals surface area contributed by atoms with E-state index in [4.69, 9.17) is 26.7 Å². The average Bonchev–Trinajstić information content (AvgIpc) is 3.30. The normalized spacial score (nSPS) is 15.6. The number of halogens is 1. The zero-order chi connectivity index (χ0) is 26.5. The molecule has 2 aromatic heterocycles. The van der Waals surface area contributed by atoms with Crippen molar-refractivity contribution in [3.8, 4) is 5.82 Å². The summed E-state index contributed by atoms with van der Waals surface area (Å²) in [6, 6.07) is 30.0. The van der Waals surface area contributed by atoms with E-state index in [0.717, 1.165) is 39.7 Å². The average molecular weight is 530 g/mol. The van der Waals surface area contributed by atoms with Gasteiger partial charge in [0.15, 0.2) is 23.3 Å². The number of nitrogens with one attached hydrogen (secondary N) is 1. The van der Waals surface area contributed by atoms with Crippen LogP contribution >= 0.6 is 11.6 Å². The van der Waals surface area contributed by atoms with E-state index in [2.05, 4.69) is 64.6 Å². The Bertz CT molecular complexity index is 1750. The van der Waals surface area contributed by atoms with Crippen LogP contribution in [-0.2, 0) is 0 Å². The van der Waals surface area contributed by atoms with E-state index in [-0.39, 0.29) is 6.04 Å². The van der Waals surface area contributed by atoms with E-state index in [1.807, 2.05) is 60.1 Å². The first-order valence-corrected chi connectivity index (χ1v) is 13.1. The fraction of sp³-hybridized carbons (Fsp3) is 0.0968. The summed E-state index contributed by atoms with van der Waals surface area (Å²) in [6.45, 7) is 4.10. The number of aliphatic imine (C=N–C) groups is 2. The summed E-state index contributed by atoms with van der Waals surface area (Å²) in [5.41, 5.74) is 6.93. The van der Waals surface area contributed by atoms with Gasteiger partial charge in [-0.3, -0.25) is 0 Å². The molecule has 3 aromatic carbocycles. The van der Waals surface area contributed by atoms with Crippen LogP contribution in [0.3, 0.4) is 0 Å². The fourth-order valence-corrected chi connectivity index (χ4v) is 5.30. The van der Waals surface area contributed by atoms with Gasteiger partial charge in [0.2, 0.25) is 0 Å². The molecule has 5 aromatic rings. The maximum absolute atomic E-state index is 6.32. The molecule has 8 heteroatoms. The molecule has 2 aliphatic rings. The van der Waals surface area contributed by atoms with E-state index >= 15 is 0 Å². The lowest BCUT2D eigenvalue weighted by atomic mass is 9.93. The molecule has 0 aliphatic carbocycles. The van der Waals surface area contributed by atoms with Crippen LogP contribution < -0.4 is 10.2 Å². The second-order valence-corrected chi connectivity index (χ2v) is 10.1. The number of anilines is 2. The molecule has 0 saturated heterocycles. The number of para-hydroxylation sites is 2. The minimum Gasteiger partial charge on any atom is -0.337 e. The monoisotopic (exact) mass is 529 g/mol. The Labute approximate surface area is 231 Å². The minimum absolute atomic E-state index is 0.214. The molecule has 0 spiro atoms. The van der Waals surface area contributed by atoms with Gasteiger partial charge in [-0.25, -0.2) is 15.0 Å². The highest BCUT2D eigenvalue weighted by Gasteiger charge is 2.41. The molecule has 1 N–H and O–H groups in total. The number of aryl methyl sites for hydroxylation is 2. The Kier molecular flexibility index (Phi) is 5.52. The lowest BCUT2D eigenvalue weighted by Gasteiger charge is -2.40. The van der Waals surface area contributed by atoms with Crippen molar-refractivity contribution in [2.24, 2.45) is 9.98 Å². The Balaban J connectivity index is 1.49. The van der Waals surface area contributed by atoms with Crippen LogP contribution in [0.25, 0.3) is 5.82 Å². The van der Waals surface area contributed by atoms with Gasteiger partial charge in [-0.2, -0.15) is 9.78 Å². The summed E-state index contributed by atoms with van der Waals surface area (Å²) in [7, 11) is 0. The van der Waals surface area contributed by atoms with Gasteiger partial charge in [-0.1, -0.05) is 59.6 Å². The lowest BCUT2D eigenvalue weighted by molar-refractivity contribution is 0.810. The van der Waals surface area contributed by atoms with Gasteiger partial charge in [-0.05, 0) is 67.9 Å². The molecule has 0 fully saturated rings. The topological polar surface area (TPSA) is 70.7 Å². The third-order valence-corrected chi connectivity index (χ3v) is 7.26. The summed E-state index contributed by atoms with van der Waals surface area (Å²) >= 11 is 6.32. The quantitative estimate of drug-likeness (QED) is 0.265. The molecule has 0 amide bonds. The van der Waals surface area contributed by atoms with Crippen LogP contribution in [0.5, 0.6) is 0 Å². The lowest BCUT2D eigenvalue weighted by Crippen LogP contribution is -2.46. The summed E-state index contributed by atoms with van der Waals surface area (Å²) in [5.74, 6) is 2.80. The zero-order valence-electron chi connectivity index (χ0n) is 21.4. The van der Waals surface area contributed by atoms with E-state index in [0.29, 0.717) is 22.5 Å². The van der Waals surface area contributed by atoms with Gasteiger partial charge in [0.25, 0.3) is 0 Å². The predicted octanol–water partition coefficient (Wildman–Crippen LogP) is 7.33. The number of fused-ring (bicyclic) bond motifs is 4. The maximum Gasteiger partial charge on any atom is 0.179 e. The highest BCUT2D eigenvalue weighted by Crippen LogP contribution is 2.48. The molecular weight excluding hydrogens is 506 g/mol. The number of pyridine rings is 1. The molecule has 2 aliphatic heterocycles. The Morgan fingerprint density at radius 1 is 0.821 bits per heavy atom. The van der Waals surface area contributed by atoms with Gasteiger partial charge < -0.3 is 10.2 Å². The van der Waals surface area contributed by atoms with Crippen molar-refractivity contribution in [3.05, 3.63) is 125 Å². The molecule has 0 bridgehead atoms. The Morgan fingerprint density at radius 2 is 1.59 bits per heavy atom. The van der Waals surface area contributed by atoms with E-state index in [9.17, 15) is 0 Å². The first-order valence-electron chi connectivity index (χ1n) is 12.7. The van der Waals surface area contributed by atoms with Gasteiger partial charge in [0.1, 0.15) is 0 Å². The van der Waals surface area contributed by atoms with Crippen LogP contribution in [0, 0.1) is 13.8 Å². The predicted molar refractivity (Wildman–Crippen MR) is 157 cm³/mol. The van der Waals surface area contributed by atoms with E-state index in [1.165, 1.54) is 5.56 Å². The number of nitrogens with zero attached hydrogens (tertiary/aromatic N) is 6. The highest BCUT2D eigenvalue weighted by atomic mass is 35.5. The summed E-state index contributed by atoms with van der Waals surface area (Å²) in [4.78, 5) is 17.1. The van der Waals surface area contributed by atoms with Crippen molar-refractivity contribution in [2.75, 3.05) is 10.2 Å². The standard InChI is InChI=1S/C31H24ClN7/c1-19-10-16-23(17-11-19)34-29-31-36-30-27(20(2)37-39(30)26-9-5-6-18-33-26)28(21-12-14-22(32)15-13-21)38(31)25-8-4-3-7-24(25)35-29/h3-18,28H,1-2H3,(H,34,35)/t28-/m1/s1. The molecule has 0 unspecified atom stereocenters. The van der Waals surface area contributed by atoms with Crippen molar-refractivity contribution in [1.29, 1.82) is 0 Å². The van der Waals surface area contributed by atoms with Crippen molar-refractivity contribution >= 4 is 46.2 Å². The number of amidine groups is 2. The molecule has 39 heavy (non-hydrogen) atoms. The number of hydrogen-bond acceptors (Lipinski definition) is 6. The first-order chi connectivity index (χ1) is 19.1. The van der Waals surface area contributed by atoms with Crippen LogP contribution in [0.4, 0.5) is 22.9 Å². The number of rotatable bonds is 3. The van der Waals surface area contributed by atoms with Crippen molar-refractivity contribution < 1.29 is 0 Å². The van der Waals surface area contributed by atoms with E-state index < -0.39 is 0 Å². The number of aromatic nitrogens is 3. The molecule has 4 heterocycles. The molecular formula is C31H24ClN7. The largest absolute Gasteiger partial charge is 0.337 e. The maximum atomic E-state index is 6.32. The number of hydrogen-bond donors (Lipinski definition) is 1.